The minimum Gasteiger partial charge on any atom is -0.328 e. The van der Waals surface area contributed by atoms with Crippen LogP contribution in [0.15, 0.2) is 12.7 Å². The van der Waals surface area contributed by atoms with Crippen molar-refractivity contribution in [2.45, 2.75) is 103 Å². The van der Waals surface area contributed by atoms with Crippen LogP contribution in [0.5, 0.6) is 0 Å². The van der Waals surface area contributed by atoms with Gasteiger partial charge in [0.05, 0.1) is 0 Å². The zero-order chi connectivity index (χ0) is 14.2. The normalized spacial score (nSPS) is 12.5. The molecule has 0 aromatic carbocycles. The number of allylic oxidation sites excluding steroid dienone is 1. The van der Waals surface area contributed by atoms with E-state index >= 15 is 0 Å². The molecule has 0 heterocycles. The fraction of sp³-hybridized carbons (Fsp3) is 0.889. The SMILES string of the molecule is C=CCCCCCCCC(N)CCCCCCCC. The second-order valence-corrected chi connectivity index (χ2v) is 5.95. The van der Waals surface area contributed by atoms with E-state index in [1.54, 1.807) is 0 Å². The van der Waals surface area contributed by atoms with Crippen LogP contribution in [0.4, 0.5) is 0 Å². The van der Waals surface area contributed by atoms with Crippen molar-refractivity contribution in [3.8, 4) is 0 Å². The van der Waals surface area contributed by atoms with Gasteiger partial charge in [-0.2, -0.15) is 0 Å². The molecule has 0 aliphatic rings. The van der Waals surface area contributed by atoms with Gasteiger partial charge in [0.2, 0.25) is 0 Å². The van der Waals surface area contributed by atoms with E-state index < -0.39 is 0 Å². The molecule has 0 fully saturated rings. The quantitative estimate of drug-likeness (QED) is 0.286. The number of hydrogen-bond acceptors (Lipinski definition) is 1. The minimum atomic E-state index is 0.458. The Hall–Kier alpha value is -0.300. The minimum absolute atomic E-state index is 0.458. The fourth-order valence-electron chi connectivity index (χ4n) is 2.56. The molecule has 0 aliphatic heterocycles. The molecule has 1 nitrogen and oxygen atoms in total. The molecule has 0 aromatic heterocycles. The predicted octanol–water partition coefficient (Wildman–Crippen LogP) is 5.98. The molecule has 0 rings (SSSR count). The lowest BCUT2D eigenvalue weighted by Crippen LogP contribution is -2.19. The maximum absolute atomic E-state index is 6.16. The highest BCUT2D eigenvalue weighted by atomic mass is 14.6. The van der Waals surface area contributed by atoms with Crippen LogP contribution in [0.1, 0.15) is 96.8 Å². The van der Waals surface area contributed by atoms with Crippen LogP contribution in [0.3, 0.4) is 0 Å². The molecular weight excluding hydrogens is 230 g/mol. The maximum Gasteiger partial charge on any atom is 0.00388 e. The molecule has 0 radical (unpaired) electrons. The van der Waals surface area contributed by atoms with Gasteiger partial charge in [-0.1, -0.05) is 77.2 Å². The topological polar surface area (TPSA) is 26.0 Å². The first-order valence-electron chi connectivity index (χ1n) is 8.67. The molecule has 0 aliphatic carbocycles. The van der Waals surface area contributed by atoms with Crippen molar-refractivity contribution in [1.29, 1.82) is 0 Å². The molecule has 1 unspecified atom stereocenters. The predicted molar refractivity (Wildman–Crippen MR) is 88.5 cm³/mol. The average Bonchev–Trinajstić information content (AvgIpc) is 2.41. The molecule has 0 aromatic rings. The summed E-state index contributed by atoms with van der Waals surface area (Å²) < 4.78 is 0. The standard InChI is InChI=1S/C18H37N/c1-3-5-7-9-11-13-15-17-18(19)16-14-12-10-8-6-4-2/h3,18H,1,4-17,19H2,2H3. The van der Waals surface area contributed by atoms with E-state index in [-0.39, 0.29) is 0 Å². The molecule has 0 amide bonds. The van der Waals surface area contributed by atoms with Gasteiger partial charge >= 0.3 is 0 Å². The van der Waals surface area contributed by atoms with Gasteiger partial charge in [-0.3, -0.25) is 0 Å². The van der Waals surface area contributed by atoms with Crippen LogP contribution in [0.2, 0.25) is 0 Å². The first-order valence-corrected chi connectivity index (χ1v) is 8.67. The first-order chi connectivity index (χ1) is 9.31. The van der Waals surface area contributed by atoms with Crippen LogP contribution in [-0.4, -0.2) is 6.04 Å². The van der Waals surface area contributed by atoms with Gasteiger partial charge in [-0.05, 0) is 25.7 Å². The van der Waals surface area contributed by atoms with Crippen LogP contribution < -0.4 is 5.73 Å². The van der Waals surface area contributed by atoms with E-state index in [2.05, 4.69) is 13.5 Å². The molecular formula is C18H37N. The molecule has 0 saturated carbocycles. The third-order valence-corrected chi connectivity index (χ3v) is 3.91. The third-order valence-electron chi connectivity index (χ3n) is 3.91. The van der Waals surface area contributed by atoms with Crippen molar-refractivity contribution in [2.24, 2.45) is 5.73 Å². The molecule has 1 heteroatoms. The van der Waals surface area contributed by atoms with Gasteiger partial charge in [-0.25, -0.2) is 0 Å². The Kier molecular flexibility index (Phi) is 15.5. The lowest BCUT2D eigenvalue weighted by molar-refractivity contribution is 0.484. The molecule has 19 heavy (non-hydrogen) atoms. The highest BCUT2D eigenvalue weighted by molar-refractivity contribution is 4.66. The van der Waals surface area contributed by atoms with E-state index in [0.29, 0.717) is 6.04 Å². The summed E-state index contributed by atoms with van der Waals surface area (Å²) in [6.45, 7) is 6.02. The third kappa shape index (κ3) is 15.6. The number of hydrogen-bond donors (Lipinski definition) is 1. The Morgan fingerprint density at radius 3 is 1.79 bits per heavy atom. The first kappa shape index (κ1) is 18.7. The van der Waals surface area contributed by atoms with Crippen molar-refractivity contribution < 1.29 is 0 Å². The molecule has 1 atom stereocenters. The van der Waals surface area contributed by atoms with E-state index in [1.807, 2.05) is 6.08 Å². The monoisotopic (exact) mass is 267 g/mol. The fourth-order valence-corrected chi connectivity index (χ4v) is 2.56. The van der Waals surface area contributed by atoms with Gasteiger partial charge in [0.15, 0.2) is 0 Å². The second kappa shape index (κ2) is 15.8. The Labute approximate surface area is 122 Å². The Bertz CT molecular complexity index is 177. The molecule has 0 spiro atoms. The van der Waals surface area contributed by atoms with Gasteiger partial charge in [0.1, 0.15) is 0 Å². The lowest BCUT2D eigenvalue weighted by Gasteiger charge is -2.11. The smallest absolute Gasteiger partial charge is 0.00388 e. The van der Waals surface area contributed by atoms with Crippen molar-refractivity contribution in [1.82, 2.24) is 0 Å². The maximum atomic E-state index is 6.16. The van der Waals surface area contributed by atoms with E-state index in [0.717, 1.165) is 0 Å². The number of rotatable bonds is 15. The number of nitrogens with two attached hydrogens (primary N) is 1. The largest absolute Gasteiger partial charge is 0.328 e. The summed E-state index contributed by atoms with van der Waals surface area (Å²) >= 11 is 0. The van der Waals surface area contributed by atoms with Crippen molar-refractivity contribution in [3.63, 3.8) is 0 Å². The molecule has 0 bridgehead atoms. The Morgan fingerprint density at radius 1 is 0.789 bits per heavy atom. The van der Waals surface area contributed by atoms with Crippen LogP contribution in [0, 0.1) is 0 Å². The highest BCUT2D eigenvalue weighted by Gasteiger charge is 2.02. The van der Waals surface area contributed by atoms with Crippen LogP contribution >= 0.6 is 0 Å². The highest BCUT2D eigenvalue weighted by Crippen LogP contribution is 2.12. The van der Waals surface area contributed by atoms with E-state index in [4.69, 9.17) is 5.73 Å². The second-order valence-electron chi connectivity index (χ2n) is 5.95. The summed E-state index contributed by atoms with van der Waals surface area (Å²) in [7, 11) is 0. The van der Waals surface area contributed by atoms with E-state index in [1.165, 1.54) is 89.9 Å². The van der Waals surface area contributed by atoms with Crippen molar-refractivity contribution >= 4 is 0 Å². The molecule has 114 valence electrons. The molecule has 2 N–H and O–H groups in total. The summed E-state index contributed by atoms with van der Waals surface area (Å²) in [5, 5.41) is 0. The summed E-state index contributed by atoms with van der Waals surface area (Å²) in [5.74, 6) is 0. The summed E-state index contributed by atoms with van der Waals surface area (Å²) in [4.78, 5) is 0. The van der Waals surface area contributed by atoms with Crippen LogP contribution in [-0.2, 0) is 0 Å². The van der Waals surface area contributed by atoms with Gasteiger partial charge < -0.3 is 5.73 Å². The summed E-state index contributed by atoms with van der Waals surface area (Å²) in [6.07, 6.45) is 20.7. The molecule has 0 saturated heterocycles. The van der Waals surface area contributed by atoms with Crippen molar-refractivity contribution in [2.75, 3.05) is 0 Å². The number of unbranched alkanes of at least 4 members (excludes halogenated alkanes) is 10. The zero-order valence-corrected chi connectivity index (χ0v) is 13.3. The Balaban J connectivity index is 3.12. The Morgan fingerprint density at radius 2 is 1.26 bits per heavy atom. The van der Waals surface area contributed by atoms with Crippen molar-refractivity contribution in [3.05, 3.63) is 12.7 Å². The van der Waals surface area contributed by atoms with Gasteiger partial charge in [0.25, 0.3) is 0 Å². The van der Waals surface area contributed by atoms with Crippen LogP contribution in [0.25, 0.3) is 0 Å². The summed E-state index contributed by atoms with van der Waals surface area (Å²) in [6, 6.07) is 0.458. The van der Waals surface area contributed by atoms with Gasteiger partial charge in [0, 0.05) is 6.04 Å². The summed E-state index contributed by atoms with van der Waals surface area (Å²) in [5.41, 5.74) is 6.16. The zero-order valence-electron chi connectivity index (χ0n) is 13.3. The lowest BCUT2D eigenvalue weighted by atomic mass is 10.0. The van der Waals surface area contributed by atoms with E-state index in [9.17, 15) is 0 Å². The van der Waals surface area contributed by atoms with Gasteiger partial charge in [-0.15, -0.1) is 6.58 Å². The average molecular weight is 268 g/mol.